The Balaban J connectivity index is 1.81. The minimum atomic E-state index is -0.116. The molecular formula is C19H18N2. The summed E-state index contributed by atoms with van der Waals surface area (Å²) in [5, 5.41) is 2.34. The second-order valence-corrected chi connectivity index (χ2v) is 5.81. The molecule has 21 heavy (non-hydrogen) atoms. The zero-order valence-electron chi connectivity index (χ0n) is 11.9. The van der Waals surface area contributed by atoms with Crippen molar-refractivity contribution in [2.24, 2.45) is 5.73 Å². The molecule has 0 radical (unpaired) electrons. The molecule has 1 atom stereocenters. The quantitative estimate of drug-likeness (QED) is 0.772. The Morgan fingerprint density at radius 3 is 2.76 bits per heavy atom. The molecule has 0 saturated carbocycles. The molecule has 0 fully saturated rings. The van der Waals surface area contributed by atoms with Crippen molar-refractivity contribution in [2.45, 2.75) is 25.3 Å². The fraction of sp³-hybridized carbons (Fsp3) is 0.211. The van der Waals surface area contributed by atoms with Gasteiger partial charge in [0.05, 0.1) is 6.04 Å². The number of aryl methyl sites for hydroxylation is 2. The van der Waals surface area contributed by atoms with E-state index in [2.05, 4.69) is 41.4 Å². The van der Waals surface area contributed by atoms with E-state index in [1.807, 2.05) is 18.5 Å². The number of nitrogens with zero attached hydrogens (tertiary/aromatic N) is 1. The van der Waals surface area contributed by atoms with E-state index >= 15 is 0 Å². The number of benzene rings is 2. The van der Waals surface area contributed by atoms with Crippen LogP contribution in [0.25, 0.3) is 10.8 Å². The summed E-state index contributed by atoms with van der Waals surface area (Å²) in [7, 11) is 0. The van der Waals surface area contributed by atoms with Gasteiger partial charge >= 0.3 is 0 Å². The smallest absolute Gasteiger partial charge is 0.0573 e. The van der Waals surface area contributed by atoms with Gasteiger partial charge in [-0.05, 0) is 46.9 Å². The lowest BCUT2D eigenvalue weighted by atomic mass is 9.94. The van der Waals surface area contributed by atoms with Crippen molar-refractivity contribution in [2.75, 3.05) is 0 Å². The van der Waals surface area contributed by atoms with E-state index in [0.29, 0.717) is 0 Å². The Hall–Kier alpha value is -2.19. The summed E-state index contributed by atoms with van der Waals surface area (Å²) < 4.78 is 0. The van der Waals surface area contributed by atoms with Crippen molar-refractivity contribution in [3.05, 3.63) is 77.1 Å². The predicted octanol–water partition coefficient (Wildman–Crippen LogP) is 3.77. The molecule has 1 aliphatic rings. The van der Waals surface area contributed by atoms with Gasteiger partial charge in [-0.15, -0.1) is 0 Å². The molecule has 2 N–H and O–H groups in total. The first-order valence-electron chi connectivity index (χ1n) is 7.53. The molecule has 1 aliphatic carbocycles. The first-order valence-corrected chi connectivity index (χ1v) is 7.53. The summed E-state index contributed by atoms with van der Waals surface area (Å²) in [6, 6.07) is 14.9. The Kier molecular flexibility index (Phi) is 2.97. The number of fused-ring (bicyclic) bond motifs is 2. The molecule has 1 aromatic heterocycles. The lowest BCUT2D eigenvalue weighted by Gasteiger charge is -2.16. The van der Waals surface area contributed by atoms with Crippen LogP contribution < -0.4 is 5.73 Å². The van der Waals surface area contributed by atoms with E-state index in [0.717, 1.165) is 10.9 Å². The van der Waals surface area contributed by atoms with Gasteiger partial charge in [-0.1, -0.05) is 42.5 Å². The molecule has 2 heteroatoms. The van der Waals surface area contributed by atoms with Crippen molar-refractivity contribution in [1.29, 1.82) is 0 Å². The molecule has 0 bridgehead atoms. The van der Waals surface area contributed by atoms with Crippen LogP contribution >= 0.6 is 0 Å². The van der Waals surface area contributed by atoms with E-state index in [-0.39, 0.29) is 6.04 Å². The molecule has 0 saturated heterocycles. The number of aromatic nitrogens is 1. The first kappa shape index (κ1) is 12.5. The highest BCUT2D eigenvalue weighted by Gasteiger charge is 2.16. The number of rotatable bonds is 2. The average Bonchev–Trinajstić information content (AvgIpc) is 3.01. The number of nitrogens with two attached hydrogens (primary N) is 1. The van der Waals surface area contributed by atoms with Gasteiger partial charge in [0.15, 0.2) is 0 Å². The summed E-state index contributed by atoms with van der Waals surface area (Å²) in [4.78, 5) is 4.35. The van der Waals surface area contributed by atoms with Crippen LogP contribution in [0.4, 0.5) is 0 Å². The maximum Gasteiger partial charge on any atom is 0.0573 e. The zero-order valence-corrected chi connectivity index (χ0v) is 11.9. The van der Waals surface area contributed by atoms with Crippen molar-refractivity contribution < 1.29 is 0 Å². The van der Waals surface area contributed by atoms with Gasteiger partial charge in [0, 0.05) is 17.8 Å². The van der Waals surface area contributed by atoms with E-state index < -0.39 is 0 Å². The summed E-state index contributed by atoms with van der Waals surface area (Å²) in [6.07, 6.45) is 7.46. The predicted molar refractivity (Wildman–Crippen MR) is 86.2 cm³/mol. The third kappa shape index (κ3) is 2.12. The highest BCUT2D eigenvalue weighted by atomic mass is 14.7. The van der Waals surface area contributed by atoms with Crippen molar-refractivity contribution in [3.63, 3.8) is 0 Å². The Morgan fingerprint density at radius 2 is 1.81 bits per heavy atom. The van der Waals surface area contributed by atoms with E-state index in [1.165, 1.54) is 41.3 Å². The molecule has 2 nitrogen and oxygen atoms in total. The number of pyridine rings is 1. The molecule has 0 amide bonds. The third-order valence-electron chi connectivity index (χ3n) is 4.52. The van der Waals surface area contributed by atoms with Gasteiger partial charge in [0.25, 0.3) is 0 Å². The topological polar surface area (TPSA) is 38.9 Å². The molecule has 2 aromatic carbocycles. The maximum absolute atomic E-state index is 6.54. The van der Waals surface area contributed by atoms with E-state index in [1.54, 1.807) is 0 Å². The van der Waals surface area contributed by atoms with Crippen LogP contribution in [0, 0.1) is 0 Å². The summed E-state index contributed by atoms with van der Waals surface area (Å²) in [5.74, 6) is 0. The number of hydrogen-bond donors (Lipinski definition) is 1. The standard InChI is InChI=1S/C19H18N2/c20-19(15-9-8-13-5-3-6-14(13)10-15)18-12-21-11-16-4-1-2-7-17(16)18/h1-2,4,7-12,19H,3,5-6,20H2. The molecule has 1 heterocycles. The minimum absolute atomic E-state index is 0.116. The normalized spacial score (nSPS) is 15.1. The maximum atomic E-state index is 6.54. The molecule has 3 aromatic rings. The second kappa shape index (κ2) is 4.97. The Bertz CT molecular complexity index is 802. The van der Waals surface area contributed by atoms with Crippen LogP contribution in [0.3, 0.4) is 0 Å². The van der Waals surface area contributed by atoms with Gasteiger partial charge < -0.3 is 5.73 Å². The SMILES string of the molecule is NC(c1ccc2c(c1)CCC2)c1cncc2ccccc12. The molecule has 0 aliphatic heterocycles. The summed E-state index contributed by atoms with van der Waals surface area (Å²) in [6.45, 7) is 0. The van der Waals surface area contributed by atoms with Gasteiger partial charge in [-0.2, -0.15) is 0 Å². The minimum Gasteiger partial charge on any atom is -0.320 e. The third-order valence-corrected chi connectivity index (χ3v) is 4.52. The zero-order chi connectivity index (χ0) is 14.2. The molecule has 1 unspecified atom stereocenters. The average molecular weight is 274 g/mol. The van der Waals surface area contributed by atoms with Gasteiger partial charge in [-0.25, -0.2) is 0 Å². The highest BCUT2D eigenvalue weighted by molar-refractivity contribution is 5.85. The van der Waals surface area contributed by atoms with Crippen molar-refractivity contribution in [3.8, 4) is 0 Å². The summed E-state index contributed by atoms with van der Waals surface area (Å²) >= 11 is 0. The highest BCUT2D eigenvalue weighted by Crippen LogP contribution is 2.30. The fourth-order valence-corrected chi connectivity index (χ4v) is 3.35. The largest absolute Gasteiger partial charge is 0.320 e. The van der Waals surface area contributed by atoms with Crippen LogP contribution in [0.1, 0.15) is 34.7 Å². The first-order chi connectivity index (χ1) is 10.3. The van der Waals surface area contributed by atoms with Crippen LogP contribution in [0.15, 0.2) is 54.9 Å². The van der Waals surface area contributed by atoms with Crippen LogP contribution in [-0.4, -0.2) is 4.98 Å². The van der Waals surface area contributed by atoms with Crippen LogP contribution in [0.5, 0.6) is 0 Å². The Labute approximate surface area is 124 Å². The Morgan fingerprint density at radius 1 is 0.952 bits per heavy atom. The van der Waals surface area contributed by atoms with Crippen molar-refractivity contribution in [1.82, 2.24) is 4.98 Å². The van der Waals surface area contributed by atoms with Gasteiger partial charge in [0.2, 0.25) is 0 Å². The van der Waals surface area contributed by atoms with Crippen molar-refractivity contribution >= 4 is 10.8 Å². The van der Waals surface area contributed by atoms with E-state index in [9.17, 15) is 0 Å². The van der Waals surface area contributed by atoms with Crippen LogP contribution in [0.2, 0.25) is 0 Å². The van der Waals surface area contributed by atoms with Crippen LogP contribution in [-0.2, 0) is 12.8 Å². The van der Waals surface area contributed by atoms with Gasteiger partial charge in [-0.3, -0.25) is 4.98 Å². The monoisotopic (exact) mass is 274 g/mol. The molecule has 4 rings (SSSR count). The molecule has 104 valence electrons. The lowest BCUT2D eigenvalue weighted by Crippen LogP contribution is -2.13. The number of hydrogen-bond acceptors (Lipinski definition) is 2. The second-order valence-electron chi connectivity index (χ2n) is 5.81. The van der Waals surface area contributed by atoms with E-state index in [4.69, 9.17) is 5.73 Å². The lowest BCUT2D eigenvalue weighted by molar-refractivity contribution is 0.869. The molecular weight excluding hydrogens is 256 g/mol. The fourth-order valence-electron chi connectivity index (χ4n) is 3.35. The molecule has 0 spiro atoms. The van der Waals surface area contributed by atoms with Gasteiger partial charge in [0.1, 0.15) is 0 Å². The summed E-state index contributed by atoms with van der Waals surface area (Å²) in [5.41, 5.74) is 11.8.